The fourth-order valence-electron chi connectivity index (χ4n) is 2.69. The van der Waals surface area contributed by atoms with Gasteiger partial charge in [-0.3, -0.25) is 9.59 Å². The summed E-state index contributed by atoms with van der Waals surface area (Å²) in [7, 11) is 0. The van der Waals surface area contributed by atoms with Gasteiger partial charge in [-0.1, -0.05) is 48.0 Å². The number of hydrazone groups is 1. The molecule has 33 heavy (non-hydrogen) atoms. The van der Waals surface area contributed by atoms with Crippen LogP contribution in [0, 0.1) is 6.92 Å². The Bertz CT molecular complexity index is 1150. The Morgan fingerprint density at radius 1 is 0.879 bits per heavy atom. The van der Waals surface area contributed by atoms with E-state index < -0.39 is 11.9 Å². The van der Waals surface area contributed by atoms with Gasteiger partial charge in [-0.2, -0.15) is 5.10 Å². The molecule has 0 atom stereocenters. The number of nitrogens with zero attached hydrogens (tertiary/aromatic N) is 1. The number of carbonyl (C=O) groups is 3. The Balaban J connectivity index is 1.41. The summed E-state index contributed by atoms with van der Waals surface area (Å²) in [6, 6.07) is 23.1. The normalized spacial score (nSPS) is 10.8. The summed E-state index contributed by atoms with van der Waals surface area (Å²) in [6.45, 7) is 1.73. The van der Waals surface area contributed by atoms with Crippen LogP contribution in [-0.4, -0.2) is 30.5 Å². The van der Waals surface area contributed by atoms with Gasteiger partial charge in [0.05, 0.1) is 12.8 Å². The van der Waals surface area contributed by atoms with E-state index in [1.54, 1.807) is 42.5 Å². The molecular formula is C26H23N3O4. The van der Waals surface area contributed by atoms with Gasteiger partial charge in [0, 0.05) is 11.6 Å². The second-order valence-electron chi connectivity index (χ2n) is 7.08. The SMILES string of the molecule is Cc1ccc(C(=O)NCC(=O)N/N=C\c2ccc(OC(=O)/C=C/c3ccccc3)cc2)cc1. The summed E-state index contributed by atoms with van der Waals surface area (Å²) >= 11 is 0. The van der Waals surface area contributed by atoms with Gasteiger partial charge in [0.15, 0.2) is 0 Å². The summed E-state index contributed by atoms with van der Waals surface area (Å²) in [5.74, 6) is -0.890. The highest BCUT2D eigenvalue weighted by Crippen LogP contribution is 2.12. The number of hydrogen-bond acceptors (Lipinski definition) is 5. The molecule has 0 aromatic heterocycles. The molecule has 7 heteroatoms. The standard InChI is InChI=1S/C26H23N3O4/c1-19-7-12-22(13-8-19)26(32)27-18-24(30)29-28-17-21-9-14-23(15-10-21)33-25(31)16-11-20-5-3-2-4-6-20/h2-17H,18H2,1H3,(H,27,32)(H,29,30)/b16-11+,28-17-. The molecule has 0 fully saturated rings. The number of ether oxygens (including phenoxy) is 1. The van der Waals surface area contributed by atoms with Crippen LogP contribution in [0.15, 0.2) is 90.0 Å². The van der Waals surface area contributed by atoms with Crippen molar-refractivity contribution in [2.24, 2.45) is 5.10 Å². The van der Waals surface area contributed by atoms with E-state index >= 15 is 0 Å². The molecule has 7 nitrogen and oxygen atoms in total. The van der Waals surface area contributed by atoms with Crippen molar-refractivity contribution in [2.75, 3.05) is 6.54 Å². The first-order valence-electron chi connectivity index (χ1n) is 10.2. The van der Waals surface area contributed by atoms with Crippen LogP contribution < -0.4 is 15.5 Å². The highest BCUT2D eigenvalue weighted by molar-refractivity contribution is 5.96. The quantitative estimate of drug-likeness (QED) is 0.184. The number of benzene rings is 3. The van der Waals surface area contributed by atoms with E-state index in [2.05, 4.69) is 15.8 Å². The van der Waals surface area contributed by atoms with Crippen LogP contribution in [-0.2, 0) is 9.59 Å². The highest BCUT2D eigenvalue weighted by Gasteiger charge is 2.07. The molecule has 2 N–H and O–H groups in total. The van der Waals surface area contributed by atoms with Crippen LogP contribution in [0.3, 0.4) is 0 Å². The predicted octanol–water partition coefficient (Wildman–Crippen LogP) is 3.49. The highest BCUT2D eigenvalue weighted by atomic mass is 16.5. The lowest BCUT2D eigenvalue weighted by molar-refractivity contribution is -0.129. The van der Waals surface area contributed by atoms with Gasteiger partial charge >= 0.3 is 5.97 Å². The number of nitrogens with one attached hydrogen (secondary N) is 2. The first kappa shape index (κ1) is 23.1. The third kappa shape index (κ3) is 7.91. The van der Waals surface area contributed by atoms with Gasteiger partial charge in [-0.15, -0.1) is 0 Å². The van der Waals surface area contributed by atoms with Crippen LogP contribution in [0.1, 0.15) is 27.0 Å². The summed E-state index contributed by atoms with van der Waals surface area (Å²) in [6.07, 6.45) is 4.48. The molecule has 2 amide bonds. The van der Waals surface area contributed by atoms with Crippen molar-refractivity contribution in [3.8, 4) is 5.75 Å². The van der Waals surface area contributed by atoms with E-state index in [1.807, 2.05) is 49.4 Å². The molecule has 0 heterocycles. The topological polar surface area (TPSA) is 96.9 Å². The number of carbonyl (C=O) groups excluding carboxylic acids is 3. The number of amides is 2. The zero-order chi connectivity index (χ0) is 23.5. The Kier molecular flexibility index (Phi) is 8.25. The van der Waals surface area contributed by atoms with Gasteiger partial charge in [0.2, 0.25) is 0 Å². The molecule has 0 saturated carbocycles. The summed E-state index contributed by atoms with van der Waals surface area (Å²) < 4.78 is 5.25. The maximum absolute atomic E-state index is 12.0. The lowest BCUT2D eigenvalue weighted by Gasteiger charge is -2.04. The van der Waals surface area contributed by atoms with Crippen molar-refractivity contribution in [2.45, 2.75) is 6.92 Å². The number of hydrogen-bond donors (Lipinski definition) is 2. The lowest BCUT2D eigenvalue weighted by atomic mass is 10.1. The second-order valence-corrected chi connectivity index (χ2v) is 7.08. The van der Waals surface area contributed by atoms with Crippen molar-refractivity contribution in [3.63, 3.8) is 0 Å². The minimum Gasteiger partial charge on any atom is -0.423 e. The van der Waals surface area contributed by atoms with Crippen molar-refractivity contribution in [3.05, 3.63) is 107 Å². The Labute approximate surface area is 191 Å². The molecule has 0 spiro atoms. The maximum atomic E-state index is 12.0. The molecular weight excluding hydrogens is 418 g/mol. The molecule has 3 aromatic rings. The number of rotatable bonds is 8. The van der Waals surface area contributed by atoms with Gasteiger partial charge < -0.3 is 10.1 Å². The van der Waals surface area contributed by atoms with E-state index in [0.717, 1.165) is 11.1 Å². The van der Waals surface area contributed by atoms with Gasteiger partial charge in [0.1, 0.15) is 5.75 Å². The smallest absolute Gasteiger partial charge is 0.336 e. The van der Waals surface area contributed by atoms with E-state index in [0.29, 0.717) is 16.9 Å². The van der Waals surface area contributed by atoms with Crippen molar-refractivity contribution >= 4 is 30.1 Å². The third-order valence-electron chi connectivity index (χ3n) is 4.44. The van der Waals surface area contributed by atoms with Gasteiger partial charge in [-0.05, 0) is 60.5 Å². The van der Waals surface area contributed by atoms with Crippen LogP contribution in [0.5, 0.6) is 5.75 Å². The molecule has 0 aliphatic carbocycles. The molecule has 0 bridgehead atoms. The molecule has 0 saturated heterocycles. The van der Waals surface area contributed by atoms with Crippen LogP contribution in [0.4, 0.5) is 0 Å². The largest absolute Gasteiger partial charge is 0.423 e. The second kappa shape index (κ2) is 11.8. The molecule has 166 valence electrons. The fraction of sp³-hybridized carbons (Fsp3) is 0.0769. The Morgan fingerprint density at radius 3 is 2.27 bits per heavy atom. The number of esters is 1. The molecule has 3 rings (SSSR count). The fourth-order valence-corrected chi connectivity index (χ4v) is 2.69. The maximum Gasteiger partial charge on any atom is 0.336 e. The zero-order valence-electron chi connectivity index (χ0n) is 18.0. The van der Waals surface area contributed by atoms with Gasteiger partial charge in [0.25, 0.3) is 11.8 Å². The number of aryl methyl sites for hydroxylation is 1. The average Bonchev–Trinajstić information content (AvgIpc) is 2.83. The van der Waals surface area contributed by atoms with Crippen LogP contribution in [0.25, 0.3) is 6.08 Å². The molecule has 0 aliphatic heterocycles. The minimum atomic E-state index is -0.486. The third-order valence-corrected chi connectivity index (χ3v) is 4.44. The van der Waals surface area contributed by atoms with E-state index in [9.17, 15) is 14.4 Å². The first-order chi connectivity index (χ1) is 16.0. The van der Waals surface area contributed by atoms with Crippen molar-refractivity contribution < 1.29 is 19.1 Å². The average molecular weight is 441 g/mol. The molecule has 0 radical (unpaired) electrons. The van der Waals surface area contributed by atoms with Crippen molar-refractivity contribution in [1.29, 1.82) is 0 Å². The van der Waals surface area contributed by atoms with Gasteiger partial charge in [-0.25, -0.2) is 10.2 Å². The lowest BCUT2D eigenvalue weighted by Crippen LogP contribution is -2.34. The predicted molar refractivity (Wildman–Crippen MR) is 127 cm³/mol. The van der Waals surface area contributed by atoms with Crippen LogP contribution in [0.2, 0.25) is 0 Å². The van der Waals surface area contributed by atoms with E-state index in [1.165, 1.54) is 12.3 Å². The molecule has 3 aromatic carbocycles. The van der Waals surface area contributed by atoms with Crippen LogP contribution >= 0.6 is 0 Å². The van der Waals surface area contributed by atoms with E-state index in [4.69, 9.17) is 4.74 Å². The minimum absolute atomic E-state index is 0.199. The Morgan fingerprint density at radius 2 is 1.58 bits per heavy atom. The van der Waals surface area contributed by atoms with Crippen molar-refractivity contribution in [1.82, 2.24) is 10.7 Å². The zero-order valence-corrected chi connectivity index (χ0v) is 18.0. The summed E-state index contributed by atoms with van der Waals surface area (Å²) in [4.78, 5) is 35.8. The first-order valence-corrected chi connectivity index (χ1v) is 10.2. The summed E-state index contributed by atoms with van der Waals surface area (Å²) in [5, 5.41) is 6.40. The monoisotopic (exact) mass is 441 g/mol. The molecule has 0 unspecified atom stereocenters. The molecule has 0 aliphatic rings. The van der Waals surface area contributed by atoms with E-state index in [-0.39, 0.29) is 12.5 Å². The Hall–Kier alpha value is -4.52. The summed E-state index contributed by atoms with van der Waals surface area (Å²) in [5.41, 5.74) is 5.47.